The second-order valence-electron chi connectivity index (χ2n) is 7.31. The van der Waals surface area contributed by atoms with Crippen LogP contribution in [0.5, 0.6) is 0 Å². The maximum Gasteiger partial charge on any atom is 0.490 e. The van der Waals surface area contributed by atoms with Crippen molar-refractivity contribution in [3.63, 3.8) is 0 Å². The van der Waals surface area contributed by atoms with E-state index in [1.807, 2.05) is 17.0 Å². The largest absolute Gasteiger partial charge is 0.490 e. The standard InChI is InChI=1S/C21H22N6O3/c1-16-2-8-19(9-3-16)24-10-12-25(13-11-24)20(28)18-6-4-17(5-7-18)14-26-15-22-21(23-26)27(29)30/h2-9,15H,10-14H2,1H3. The predicted octanol–water partition coefficient (Wildman–Crippen LogP) is 2.51. The molecule has 1 fully saturated rings. The first kappa shape index (κ1) is 19.6. The number of anilines is 1. The number of hydrogen-bond donors (Lipinski definition) is 0. The molecular weight excluding hydrogens is 384 g/mol. The van der Waals surface area contributed by atoms with Gasteiger partial charge in [-0.2, -0.15) is 4.68 Å². The third kappa shape index (κ3) is 4.29. The van der Waals surface area contributed by atoms with Crippen molar-refractivity contribution in [1.82, 2.24) is 19.7 Å². The normalized spacial score (nSPS) is 14.0. The minimum absolute atomic E-state index is 0.0153. The number of amides is 1. The van der Waals surface area contributed by atoms with Crippen LogP contribution >= 0.6 is 0 Å². The van der Waals surface area contributed by atoms with E-state index in [0.29, 0.717) is 25.2 Å². The van der Waals surface area contributed by atoms with Crippen LogP contribution in [0.2, 0.25) is 0 Å². The van der Waals surface area contributed by atoms with Gasteiger partial charge >= 0.3 is 5.95 Å². The van der Waals surface area contributed by atoms with Gasteiger partial charge in [-0.1, -0.05) is 34.8 Å². The van der Waals surface area contributed by atoms with Crippen LogP contribution in [0.1, 0.15) is 21.5 Å². The van der Waals surface area contributed by atoms with Gasteiger partial charge in [-0.05, 0) is 41.7 Å². The van der Waals surface area contributed by atoms with E-state index in [9.17, 15) is 14.9 Å². The molecule has 0 radical (unpaired) electrons. The topological polar surface area (TPSA) is 97.4 Å². The highest BCUT2D eigenvalue weighted by Gasteiger charge is 2.22. The Morgan fingerprint density at radius 2 is 1.70 bits per heavy atom. The summed E-state index contributed by atoms with van der Waals surface area (Å²) in [6, 6.07) is 15.7. The number of carbonyl (C=O) groups excluding carboxylic acids is 1. The first-order valence-corrected chi connectivity index (χ1v) is 9.73. The molecule has 1 aliphatic heterocycles. The first-order chi connectivity index (χ1) is 14.5. The molecule has 1 aliphatic rings. The van der Waals surface area contributed by atoms with E-state index in [2.05, 4.69) is 46.2 Å². The summed E-state index contributed by atoms with van der Waals surface area (Å²) in [6.07, 6.45) is 1.32. The lowest BCUT2D eigenvalue weighted by molar-refractivity contribution is -0.394. The summed E-state index contributed by atoms with van der Waals surface area (Å²) in [5.41, 5.74) is 3.94. The zero-order valence-electron chi connectivity index (χ0n) is 16.6. The third-order valence-corrected chi connectivity index (χ3v) is 5.20. The van der Waals surface area contributed by atoms with E-state index in [-0.39, 0.29) is 5.91 Å². The molecule has 2 aromatic carbocycles. The van der Waals surface area contributed by atoms with Crippen molar-refractivity contribution in [3.8, 4) is 0 Å². The maximum atomic E-state index is 12.8. The Hall–Kier alpha value is -3.75. The number of nitrogens with zero attached hydrogens (tertiary/aromatic N) is 6. The Labute approximate surface area is 173 Å². The minimum atomic E-state index is -0.628. The van der Waals surface area contributed by atoms with E-state index in [1.165, 1.54) is 22.3 Å². The Morgan fingerprint density at radius 3 is 2.30 bits per heavy atom. The molecule has 0 bridgehead atoms. The maximum absolute atomic E-state index is 12.8. The van der Waals surface area contributed by atoms with E-state index >= 15 is 0 Å². The van der Waals surface area contributed by atoms with Crippen LogP contribution in [0.4, 0.5) is 11.6 Å². The number of piperazine rings is 1. The minimum Gasteiger partial charge on any atom is -0.390 e. The van der Waals surface area contributed by atoms with Gasteiger partial charge in [0, 0.05) is 42.5 Å². The Kier molecular flexibility index (Phi) is 5.42. The SMILES string of the molecule is Cc1ccc(N2CCN(C(=O)c3ccc(Cn4cnc([N+](=O)[O-])n4)cc3)CC2)cc1. The van der Waals surface area contributed by atoms with E-state index < -0.39 is 10.9 Å². The predicted molar refractivity (Wildman–Crippen MR) is 112 cm³/mol. The first-order valence-electron chi connectivity index (χ1n) is 9.73. The van der Waals surface area contributed by atoms with E-state index in [1.54, 1.807) is 12.1 Å². The van der Waals surface area contributed by atoms with Gasteiger partial charge in [0.1, 0.15) is 0 Å². The molecule has 4 rings (SSSR count). The van der Waals surface area contributed by atoms with Crippen LogP contribution < -0.4 is 4.90 Å². The number of aromatic nitrogens is 3. The molecule has 154 valence electrons. The van der Waals surface area contributed by atoms with Gasteiger partial charge in [-0.25, -0.2) is 0 Å². The molecule has 0 unspecified atom stereocenters. The number of nitro groups is 1. The lowest BCUT2D eigenvalue weighted by Gasteiger charge is -2.36. The van der Waals surface area contributed by atoms with Crippen LogP contribution in [0.25, 0.3) is 0 Å². The number of carbonyl (C=O) groups is 1. The second kappa shape index (κ2) is 8.32. The molecule has 2 heterocycles. The van der Waals surface area contributed by atoms with Crippen LogP contribution in [0, 0.1) is 17.0 Å². The molecule has 9 nitrogen and oxygen atoms in total. The Bertz CT molecular complexity index is 1040. The quantitative estimate of drug-likeness (QED) is 0.477. The number of rotatable bonds is 5. The third-order valence-electron chi connectivity index (χ3n) is 5.20. The highest BCUT2D eigenvalue weighted by Crippen LogP contribution is 2.18. The Morgan fingerprint density at radius 1 is 1.03 bits per heavy atom. The summed E-state index contributed by atoms with van der Waals surface area (Å²) in [4.78, 5) is 30.7. The summed E-state index contributed by atoms with van der Waals surface area (Å²) in [5, 5.41) is 14.5. The van der Waals surface area contributed by atoms with Crippen LogP contribution in [0.3, 0.4) is 0 Å². The van der Waals surface area contributed by atoms with Crippen LogP contribution in [0.15, 0.2) is 54.9 Å². The van der Waals surface area contributed by atoms with E-state index in [0.717, 1.165) is 18.7 Å². The van der Waals surface area contributed by atoms with Crippen molar-refractivity contribution >= 4 is 17.5 Å². The molecule has 0 N–H and O–H groups in total. The molecule has 1 aromatic heterocycles. The molecular formula is C21H22N6O3. The van der Waals surface area contributed by atoms with Gasteiger partial charge in [-0.3, -0.25) is 4.79 Å². The fourth-order valence-corrected chi connectivity index (χ4v) is 3.49. The molecule has 30 heavy (non-hydrogen) atoms. The summed E-state index contributed by atoms with van der Waals surface area (Å²) in [7, 11) is 0. The molecule has 9 heteroatoms. The van der Waals surface area contributed by atoms with Gasteiger partial charge in [0.25, 0.3) is 5.91 Å². The van der Waals surface area contributed by atoms with Gasteiger partial charge in [0.05, 0.1) is 6.54 Å². The molecule has 0 spiro atoms. The van der Waals surface area contributed by atoms with Crippen molar-refractivity contribution < 1.29 is 9.72 Å². The lowest BCUT2D eigenvalue weighted by Crippen LogP contribution is -2.48. The average molecular weight is 406 g/mol. The van der Waals surface area contributed by atoms with E-state index in [4.69, 9.17) is 0 Å². The fraction of sp³-hybridized carbons (Fsp3) is 0.286. The smallest absolute Gasteiger partial charge is 0.390 e. The monoisotopic (exact) mass is 406 g/mol. The fourth-order valence-electron chi connectivity index (χ4n) is 3.49. The second-order valence-corrected chi connectivity index (χ2v) is 7.31. The van der Waals surface area contributed by atoms with Crippen molar-refractivity contribution in [1.29, 1.82) is 0 Å². The van der Waals surface area contributed by atoms with Gasteiger partial charge in [-0.15, -0.1) is 0 Å². The van der Waals surface area contributed by atoms with Gasteiger partial charge < -0.3 is 19.9 Å². The molecule has 0 atom stereocenters. The van der Waals surface area contributed by atoms with Crippen LogP contribution in [-0.2, 0) is 6.54 Å². The van der Waals surface area contributed by atoms with Crippen LogP contribution in [-0.4, -0.2) is 56.7 Å². The summed E-state index contributed by atoms with van der Waals surface area (Å²) in [6.45, 7) is 5.38. The number of hydrogen-bond acceptors (Lipinski definition) is 6. The molecule has 0 aliphatic carbocycles. The molecule has 1 saturated heterocycles. The molecule has 3 aromatic rings. The number of aryl methyl sites for hydroxylation is 1. The average Bonchev–Trinajstić information content (AvgIpc) is 3.23. The summed E-state index contributed by atoms with van der Waals surface area (Å²) >= 11 is 0. The highest BCUT2D eigenvalue weighted by atomic mass is 16.6. The zero-order valence-corrected chi connectivity index (χ0v) is 16.6. The van der Waals surface area contributed by atoms with Crippen molar-refractivity contribution in [2.75, 3.05) is 31.1 Å². The molecule has 0 saturated carbocycles. The summed E-state index contributed by atoms with van der Waals surface area (Å²) in [5.74, 6) is -0.409. The highest BCUT2D eigenvalue weighted by molar-refractivity contribution is 5.94. The van der Waals surface area contributed by atoms with Gasteiger partial charge in [0.2, 0.25) is 6.33 Å². The Balaban J connectivity index is 1.34. The lowest BCUT2D eigenvalue weighted by atomic mass is 10.1. The van der Waals surface area contributed by atoms with Gasteiger partial charge in [0.15, 0.2) is 0 Å². The zero-order chi connectivity index (χ0) is 21.1. The van der Waals surface area contributed by atoms with Crippen molar-refractivity contribution in [2.45, 2.75) is 13.5 Å². The molecule has 1 amide bonds. The van der Waals surface area contributed by atoms with Crippen molar-refractivity contribution in [2.24, 2.45) is 0 Å². The van der Waals surface area contributed by atoms with Crippen molar-refractivity contribution in [3.05, 3.63) is 81.7 Å². The number of benzene rings is 2. The summed E-state index contributed by atoms with van der Waals surface area (Å²) < 4.78 is 1.40.